The summed E-state index contributed by atoms with van der Waals surface area (Å²) in [6.07, 6.45) is 0.485. The van der Waals surface area contributed by atoms with E-state index in [1.165, 1.54) is 5.56 Å². The van der Waals surface area contributed by atoms with E-state index in [4.69, 9.17) is 0 Å². The average Bonchev–Trinajstić information content (AvgIpc) is 2.33. The first-order chi connectivity index (χ1) is 9.33. The summed E-state index contributed by atoms with van der Waals surface area (Å²) >= 11 is 0. The summed E-state index contributed by atoms with van der Waals surface area (Å²) in [6.45, 7) is 8.01. The minimum Gasteiger partial charge on any atom is -0.350 e. The standard InChI is InChI=1S/C15H20N4O/c1-10-5-7-11(8-6-10)9-12-13(20)16-14(19-18-12)17-15(2,3)4/h5-8H,9H2,1-4H3,(H2,16,17,19,20). The molecule has 0 fully saturated rings. The molecule has 0 bridgehead atoms. The lowest BCUT2D eigenvalue weighted by Gasteiger charge is -2.20. The number of anilines is 1. The third-order valence-electron chi connectivity index (χ3n) is 2.75. The Labute approximate surface area is 118 Å². The SMILES string of the molecule is Cc1ccc(Cc2nnc(NC(C)(C)C)[nH]c2=O)cc1. The van der Waals surface area contributed by atoms with E-state index in [1.807, 2.05) is 52.0 Å². The number of aryl methyl sites for hydroxylation is 1. The highest BCUT2D eigenvalue weighted by Gasteiger charge is 2.12. The van der Waals surface area contributed by atoms with Crippen LogP contribution in [0.3, 0.4) is 0 Å². The van der Waals surface area contributed by atoms with Crippen molar-refractivity contribution in [3.8, 4) is 0 Å². The smallest absolute Gasteiger partial charge is 0.274 e. The van der Waals surface area contributed by atoms with Gasteiger partial charge in [-0.25, -0.2) is 0 Å². The summed E-state index contributed by atoms with van der Waals surface area (Å²) < 4.78 is 0. The maximum absolute atomic E-state index is 12.0. The van der Waals surface area contributed by atoms with Crippen LogP contribution in [-0.2, 0) is 6.42 Å². The molecule has 0 atom stereocenters. The summed E-state index contributed by atoms with van der Waals surface area (Å²) in [5.41, 5.74) is 2.29. The Morgan fingerprint density at radius 3 is 2.35 bits per heavy atom. The van der Waals surface area contributed by atoms with Crippen molar-refractivity contribution in [3.05, 3.63) is 51.4 Å². The van der Waals surface area contributed by atoms with Gasteiger partial charge in [-0.15, -0.1) is 10.2 Å². The van der Waals surface area contributed by atoms with Crippen molar-refractivity contribution in [1.82, 2.24) is 15.2 Å². The summed E-state index contributed by atoms with van der Waals surface area (Å²) in [7, 11) is 0. The molecule has 0 spiro atoms. The fraction of sp³-hybridized carbons (Fsp3) is 0.400. The van der Waals surface area contributed by atoms with E-state index in [2.05, 4.69) is 20.5 Å². The number of rotatable bonds is 3. The van der Waals surface area contributed by atoms with Crippen LogP contribution in [0.25, 0.3) is 0 Å². The lowest BCUT2D eigenvalue weighted by atomic mass is 10.1. The highest BCUT2D eigenvalue weighted by atomic mass is 16.1. The van der Waals surface area contributed by atoms with Crippen LogP contribution >= 0.6 is 0 Å². The molecule has 1 heterocycles. The van der Waals surface area contributed by atoms with Crippen LogP contribution in [0.4, 0.5) is 5.95 Å². The molecule has 0 radical (unpaired) electrons. The molecule has 0 saturated heterocycles. The minimum atomic E-state index is -0.202. The Hall–Kier alpha value is -2.17. The van der Waals surface area contributed by atoms with Crippen molar-refractivity contribution in [3.63, 3.8) is 0 Å². The molecule has 106 valence electrons. The maximum Gasteiger partial charge on any atom is 0.274 e. The van der Waals surface area contributed by atoms with Gasteiger partial charge in [-0.1, -0.05) is 29.8 Å². The molecular formula is C15H20N4O. The van der Waals surface area contributed by atoms with E-state index in [9.17, 15) is 4.79 Å². The fourth-order valence-electron chi connectivity index (χ4n) is 1.79. The molecule has 0 aliphatic heterocycles. The summed E-state index contributed by atoms with van der Waals surface area (Å²) in [5, 5.41) is 11.1. The predicted molar refractivity (Wildman–Crippen MR) is 80.0 cm³/mol. The monoisotopic (exact) mass is 272 g/mol. The van der Waals surface area contributed by atoms with Gasteiger partial charge in [0.1, 0.15) is 5.69 Å². The third kappa shape index (κ3) is 3.91. The molecule has 2 N–H and O–H groups in total. The summed E-state index contributed by atoms with van der Waals surface area (Å²) in [4.78, 5) is 14.7. The lowest BCUT2D eigenvalue weighted by Crippen LogP contribution is -2.30. The highest BCUT2D eigenvalue weighted by molar-refractivity contribution is 5.28. The van der Waals surface area contributed by atoms with Gasteiger partial charge in [0.15, 0.2) is 0 Å². The topological polar surface area (TPSA) is 70.7 Å². The number of nitrogens with one attached hydrogen (secondary N) is 2. The largest absolute Gasteiger partial charge is 0.350 e. The van der Waals surface area contributed by atoms with Crippen molar-refractivity contribution in [1.29, 1.82) is 0 Å². The van der Waals surface area contributed by atoms with Crippen molar-refractivity contribution in [2.45, 2.75) is 39.7 Å². The van der Waals surface area contributed by atoms with Crippen LogP contribution in [0, 0.1) is 6.92 Å². The van der Waals surface area contributed by atoms with Crippen LogP contribution in [0.1, 0.15) is 37.6 Å². The van der Waals surface area contributed by atoms with Gasteiger partial charge in [-0.05, 0) is 33.3 Å². The number of hydrogen-bond acceptors (Lipinski definition) is 4. The van der Waals surface area contributed by atoms with E-state index < -0.39 is 0 Å². The van der Waals surface area contributed by atoms with Crippen LogP contribution in [0.15, 0.2) is 29.1 Å². The molecule has 0 amide bonds. The van der Waals surface area contributed by atoms with Gasteiger partial charge in [-0.3, -0.25) is 9.78 Å². The van der Waals surface area contributed by atoms with Gasteiger partial charge in [0.2, 0.25) is 5.95 Å². The molecule has 2 aromatic rings. The minimum absolute atomic E-state index is 0.171. The van der Waals surface area contributed by atoms with Gasteiger partial charge in [-0.2, -0.15) is 0 Å². The molecule has 0 unspecified atom stereocenters. The van der Waals surface area contributed by atoms with Crippen molar-refractivity contribution in [2.75, 3.05) is 5.32 Å². The lowest BCUT2D eigenvalue weighted by molar-refractivity contribution is 0.620. The number of nitrogens with zero attached hydrogens (tertiary/aromatic N) is 2. The van der Waals surface area contributed by atoms with E-state index >= 15 is 0 Å². The Kier molecular flexibility index (Phi) is 3.88. The zero-order valence-corrected chi connectivity index (χ0v) is 12.3. The summed E-state index contributed by atoms with van der Waals surface area (Å²) in [6, 6.07) is 8.04. The second-order valence-electron chi connectivity index (χ2n) is 5.99. The van der Waals surface area contributed by atoms with Crippen LogP contribution in [-0.4, -0.2) is 20.7 Å². The Bertz CT molecular complexity index is 638. The van der Waals surface area contributed by atoms with Crippen molar-refractivity contribution >= 4 is 5.95 Å². The Morgan fingerprint density at radius 2 is 1.80 bits per heavy atom. The van der Waals surface area contributed by atoms with Gasteiger partial charge >= 0.3 is 0 Å². The van der Waals surface area contributed by atoms with Crippen LogP contribution in [0.2, 0.25) is 0 Å². The summed E-state index contributed by atoms with van der Waals surface area (Å²) in [5.74, 6) is 0.398. The second kappa shape index (κ2) is 5.45. The molecule has 0 aliphatic carbocycles. The molecule has 0 saturated carbocycles. The number of benzene rings is 1. The molecule has 5 nitrogen and oxygen atoms in total. The van der Waals surface area contributed by atoms with Crippen molar-refractivity contribution < 1.29 is 0 Å². The van der Waals surface area contributed by atoms with Gasteiger partial charge in [0.05, 0.1) is 0 Å². The number of hydrogen-bond donors (Lipinski definition) is 2. The molecular weight excluding hydrogens is 252 g/mol. The van der Waals surface area contributed by atoms with E-state index in [0.717, 1.165) is 5.56 Å². The predicted octanol–water partition coefficient (Wildman–Crippen LogP) is 2.27. The maximum atomic E-state index is 12.0. The third-order valence-corrected chi connectivity index (χ3v) is 2.75. The molecule has 5 heteroatoms. The average molecular weight is 272 g/mol. The Morgan fingerprint density at radius 1 is 1.15 bits per heavy atom. The first-order valence-electron chi connectivity index (χ1n) is 6.63. The molecule has 20 heavy (non-hydrogen) atoms. The van der Waals surface area contributed by atoms with E-state index in [0.29, 0.717) is 18.1 Å². The first kappa shape index (κ1) is 14.2. The van der Waals surface area contributed by atoms with E-state index in [-0.39, 0.29) is 11.1 Å². The van der Waals surface area contributed by atoms with Gasteiger partial charge in [0.25, 0.3) is 5.56 Å². The zero-order valence-electron chi connectivity index (χ0n) is 12.3. The zero-order chi connectivity index (χ0) is 14.8. The highest BCUT2D eigenvalue weighted by Crippen LogP contribution is 2.08. The Balaban J connectivity index is 2.18. The molecule has 1 aromatic heterocycles. The molecule has 0 aliphatic rings. The fourth-order valence-corrected chi connectivity index (χ4v) is 1.79. The van der Waals surface area contributed by atoms with Gasteiger partial charge in [0, 0.05) is 12.0 Å². The van der Waals surface area contributed by atoms with E-state index in [1.54, 1.807) is 0 Å². The number of H-pyrrole nitrogens is 1. The van der Waals surface area contributed by atoms with Crippen LogP contribution < -0.4 is 10.9 Å². The van der Waals surface area contributed by atoms with Gasteiger partial charge < -0.3 is 5.32 Å². The van der Waals surface area contributed by atoms with Crippen LogP contribution in [0.5, 0.6) is 0 Å². The first-order valence-corrected chi connectivity index (χ1v) is 6.63. The quantitative estimate of drug-likeness (QED) is 0.899. The number of aromatic nitrogens is 3. The molecule has 1 aromatic carbocycles. The molecule has 2 rings (SSSR count). The normalized spacial score (nSPS) is 11.4. The van der Waals surface area contributed by atoms with Crippen molar-refractivity contribution in [2.24, 2.45) is 0 Å². The number of aromatic amines is 1. The second-order valence-corrected chi connectivity index (χ2v) is 5.99.